The number of carbonyl (C=O) groups excluding carboxylic acids is 2. The van der Waals surface area contributed by atoms with Crippen molar-refractivity contribution < 1.29 is 9.59 Å². The maximum Gasteiger partial charge on any atom is 0.256 e. The zero-order chi connectivity index (χ0) is 17.1. The molecule has 6 heteroatoms. The second-order valence-corrected chi connectivity index (χ2v) is 6.65. The second kappa shape index (κ2) is 8.50. The van der Waals surface area contributed by atoms with Crippen molar-refractivity contribution in [3.8, 4) is 0 Å². The Bertz CT molecular complexity index is 637. The third-order valence-electron chi connectivity index (χ3n) is 4.84. The molecular weight excluding hydrogens is 338 g/mol. The van der Waals surface area contributed by atoms with E-state index in [1.807, 2.05) is 0 Å². The Morgan fingerprint density at radius 2 is 1.64 bits per heavy atom. The average molecular weight is 364 g/mol. The van der Waals surface area contributed by atoms with Gasteiger partial charge in [0.15, 0.2) is 0 Å². The van der Waals surface area contributed by atoms with Gasteiger partial charge in [-0.3, -0.25) is 19.4 Å². The quantitative estimate of drug-likeness (QED) is 0.594. The van der Waals surface area contributed by atoms with E-state index in [1.54, 1.807) is 0 Å². The number of halogens is 1. The molecule has 5 nitrogen and oxygen atoms in total. The molecule has 2 aliphatic heterocycles. The van der Waals surface area contributed by atoms with Gasteiger partial charge in [-0.15, -0.1) is 12.4 Å². The zero-order valence-electron chi connectivity index (χ0n) is 14.7. The Hall–Kier alpha value is -1.85. The number of rotatable bonds is 5. The summed E-state index contributed by atoms with van der Waals surface area (Å²) in [4.78, 5) is 29.7. The van der Waals surface area contributed by atoms with E-state index < -0.39 is 0 Å². The third-order valence-corrected chi connectivity index (χ3v) is 4.84. The number of benzene rings is 1. The highest BCUT2D eigenvalue weighted by Crippen LogP contribution is 2.18. The van der Waals surface area contributed by atoms with Crippen LogP contribution in [0, 0.1) is 6.92 Å². The summed E-state index contributed by atoms with van der Waals surface area (Å²) in [5.41, 5.74) is 2.99. The van der Waals surface area contributed by atoms with Gasteiger partial charge in [0.2, 0.25) is 5.91 Å². The van der Waals surface area contributed by atoms with Gasteiger partial charge in [0.05, 0.1) is 6.42 Å². The standard InChI is InChI=1S/C19H25N3O2.ClH/c1-15-4-6-17(7-5-15)21-12-10-20(11-13-21)8-3-9-22-18(23)14-16(2)19(22)24;/h4-7H,2-3,8-14H2,1H3;1H. The molecule has 2 saturated heterocycles. The van der Waals surface area contributed by atoms with Gasteiger partial charge in [-0.2, -0.15) is 0 Å². The fourth-order valence-corrected chi connectivity index (χ4v) is 3.32. The van der Waals surface area contributed by atoms with E-state index in [-0.39, 0.29) is 30.6 Å². The number of hydrogen-bond acceptors (Lipinski definition) is 4. The predicted octanol–water partition coefficient (Wildman–Crippen LogP) is 2.24. The summed E-state index contributed by atoms with van der Waals surface area (Å²) < 4.78 is 0. The minimum Gasteiger partial charge on any atom is -0.369 e. The molecule has 0 aliphatic carbocycles. The molecule has 0 aromatic heterocycles. The van der Waals surface area contributed by atoms with E-state index in [2.05, 4.69) is 47.6 Å². The van der Waals surface area contributed by atoms with Crippen LogP contribution in [-0.4, -0.2) is 60.9 Å². The summed E-state index contributed by atoms with van der Waals surface area (Å²) in [5, 5.41) is 0. The van der Waals surface area contributed by atoms with Gasteiger partial charge in [0, 0.05) is 44.0 Å². The highest BCUT2D eigenvalue weighted by Gasteiger charge is 2.31. The molecule has 2 aliphatic rings. The number of likely N-dealkylation sites (tertiary alicyclic amines) is 1. The molecule has 25 heavy (non-hydrogen) atoms. The van der Waals surface area contributed by atoms with Crippen LogP contribution in [0.1, 0.15) is 18.4 Å². The lowest BCUT2D eigenvalue weighted by Crippen LogP contribution is -2.47. The van der Waals surface area contributed by atoms with Crippen molar-refractivity contribution in [3.05, 3.63) is 42.0 Å². The van der Waals surface area contributed by atoms with Crippen molar-refractivity contribution in [1.29, 1.82) is 0 Å². The van der Waals surface area contributed by atoms with Crippen LogP contribution in [0.2, 0.25) is 0 Å². The van der Waals surface area contributed by atoms with Crippen molar-refractivity contribution in [2.24, 2.45) is 0 Å². The number of imide groups is 1. The molecule has 136 valence electrons. The first-order chi connectivity index (χ1) is 11.5. The summed E-state index contributed by atoms with van der Waals surface area (Å²) in [6, 6.07) is 8.67. The van der Waals surface area contributed by atoms with Gasteiger partial charge in [0.25, 0.3) is 5.91 Å². The molecule has 1 aromatic carbocycles. The maximum atomic E-state index is 11.8. The number of amides is 2. The van der Waals surface area contributed by atoms with Gasteiger partial charge in [-0.05, 0) is 32.0 Å². The van der Waals surface area contributed by atoms with Crippen LogP contribution in [0.4, 0.5) is 5.69 Å². The van der Waals surface area contributed by atoms with E-state index in [0.717, 1.165) is 39.1 Å². The molecular formula is C19H26ClN3O2. The lowest BCUT2D eigenvalue weighted by molar-refractivity contribution is -0.137. The van der Waals surface area contributed by atoms with Crippen molar-refractivity contribution >= 4 is 29.9 Å². The van der Waals surface area contributed by atoms with E-state index in [9.17, 15) is 9.59 Å². The Kier molecular flexibility index (Phi) is 6.62. The first-order valence-corrected chi connectivity index (χ1v) is 8.61. The topological polar surface area (TPSA) is 43.9 Å². The average Bonchev–Trinajstić information content (AvgIpc) is 2.82. The molecule has 1 aromatic rings. The minimum atomic E-state index is -0.191. The molecule has 2 fully saturated rings. The number of carbonyl (C=O) groups is 2. The lowest BCUT2D eigenvalue weighted by atomic mass is 10.2. The van der Waals surface area contributed by atoms with Crippen LogP contribution in [-0.2, 0) is 9.59 Å². The molecule has 0 spiro atoms. The van der Waals surface area contributed by atoms with E-state index in [1.165, 1.54) is 16.2 Å². The summed E-state index contributed by atoms with van der Waals surface area (Å²) in [7, 11) is 0. The fraction of sp³-hybridized carbons (Fsp3) is 0.474. The van der Waals surface area contributed by atoms with Crippen LogP contribution < -0.4 is 4.90 Å². The first kappa shape index (κ1) is 19.5. The lowest BCUT2D eigenvalue weighted by Gasteiger charge is -2.36. The normalized spacial score (nSPS) is 18.7. The Balaban J connectivity index is 0.00000225. The molecule has 2 heterocycles. The molecule has 0 unspecified atom stereocenters. The SMILES string of the molecule is C=C1CC(=O)N(CCCN2CCN(c3ccc(C)cc3)CC2)C1=O.Cl. The van der Waals surface area contributed by atoms with E-state index >= 15 is 0 Å². The molecule has 2 amide bonds. The summed E-state index contributed by atoms with van der Waals surface area (Å²) in [6.45, 7) is 11.2. The number of hydrogen-bond donors (Lipinski definition) is 0. The van der Waals surface area contributed by atoms with Crippen LogP contribution >= 0.6 is 12.4 Å². The number of anilines is 1. The van der Waals surface area contributed by atoms with Gasteiger partial charge in [0.1, 0.15) is 0 Å². The number of aryl methyl sites for hydroxylation is 1. The van der Waals surface area contributed by atoms with Crippen molar-refractivity contribution in [2.45, 2.75) is 19.8 Å². The highest BCUT2D eigenvalue weighted by molar-refractivity contribution is 6.12. The molecule has 0 atom stereocenters. The second-order valence-electron chi connectivity index (χ2n) is 6.65. The Morgan fingerprint density at radius 3 is 2.20 bits per heavy atom. The van der Waals surface area contributed by atoms with E-state index in [4.69, 9.17) is 0 Å². The van der Waals surface area contributed by atoms with Crippen molar-refractivity contribution in [1.82, 2.24) is 9.80 Å². The fourth-order valence-electron chi connectivity index (χ4n) is 3.32. The first-order valence-electron chi connectivity index (χ1n) is 8.61. The summed E-state index contributed by atoms with van der Waals surface area (Å²) in [5.74, 6) is -0.293. The van der Waals surface area contributed by atoms with Gasteiger partial charge in [-0.25, -0.2) is 0 Å². The maximum absolute atomic E-state index is 11.8. The third kappa shape index (κ3) is 4.61. The molecule has 0 bridgehead atoms. The Morgan fingerprint density at radius 1 is 1.00 bits per heavy atom. The minimum absolute atomic E-state index is 0. The highest BCUT2D eigenvalue weighted by atomic mass is 35.5. The molecule has 0 radical (unpaired) electrons. The van der Waals surface area contributed by atoms with Crippen molar-refractivity contribution in [3.63, 3.8) is 0 Å². The van der Waals surface area contributed by atoms with Gasteiger partial charge >= 0.3 is 0 Å². The predicted molar refractivity (Wildman–Crippen MR) is 102 cm³/mol. The van der Waals surface area contributed by atoms with Crippen LogP contribution in [0.25, 0.3) is 0 Å². The molecule has 0 saturated carbocycles. The smallest absolute Gasteiger partial charge is 0.256 e. The van der Waals surface area contributed by atoms with Gasteiger partial charge in [-0.1, -0.05) is 24.3 Å². The van der Waals surface area contributed by atoms with Crippen LogP contribution in [0.5, 0.6) is 0 Å². The summed E-state index contributed by atoms with van der Waals surface area (Å²) >= 11 is 0. The number of piperazine rings is 1. The molecule has 0 N–H and O–H groups in total. The summed E-state index contributed by atoms with van der Waals surface area (Å²) in [6.07, 6.45) is 1.02. The van der Waals surface area contributed by atoms with Crippen molar-refractivity contribution in [2.75, 3.05) is 44.2 Å². The largest absolute Gasteiger partial charge is 0.369 e. The molecule has 3 rings (SSSR count). The van der Waals surface area contributed by atoms with Crippen LogP contribution in [0.15, 0.2) is 36.4 Å². The monoisotopic (exact) mass is 363 g/mol. The Labute approximate surface area is 155 Å². The zero-order valence-corrected chi connectivity index (χ0v) is 15.6. The van der Waals surface area contributed by atoms with E-state index in [0.29, 0.717) is 12.1 Å². The van der Waals surface area contributed by atoms with Gasteiger partial charge < -0.3 is 4.90 Å². The number of nitrogens with zero attached hydrogens (tertiary/aromatic N) is 3. The van der Waals surface area contributed by atoms with Crippen LogP contribution in [0.3, 0.4) is 0 Å².